The van der Waals surface area contributed by atoms with E-state index in [1.165, 1.54) is 24.3 Å². The first kappa shape index (κ1) is 22.1. The minimum Gasteiger partial charge on any atom is -0.397 e. The van der Waals surface area contributed by atoms with E-state index in [1.54, 1.807) is 9.80 Å². The Balaban J connectivity index is 1.91. The molecule has 0 aliphatic carbocycles. The largest absolute Gasteiger partial charge is 0.431 e. The zero-order valence-electron chi connectivity index (χ0n) is 17.3. The van der Waals surface area contributed by atoms with Gasteiger partial charge in [-0.15, -0.1) is 0 Å². The molecule has 9 nitrogen and oxygen atoms in total. The number of nitrogens with two attached hydrogens (primary N) is 2. The molecule has 1 fully saturated rings. The Morgan fingerprint density at radius 1 is 1.09 bits per heavy atom. The van der Waals surface area contributed by atoms with Crippen LogP contribution in [0.5, 0.6) is 0 Å². The summed E-state index contributed by atoms with van der Waals surface area (Å²) in [6.45, 7) is 4.74. The smallest absolute Gasteiger partial charge is 0.397 e. The van der Waals surface area contributed by atoms with Crippen molar-refractivity contribution in [1.29, 1.82) is 0 Å². The molecule has 3 heterocycles. The number of rotatable bonds is 3. The minimum atomic E-state index is -4.90. The van der Waals surface area contributed by atoms with Gasteiger partial charge in [-0.05, 0) is 24.3 Å². The van der Waals surface area contributed by atoms with Crippen molar-refractivity contribution in [3.63, 3.8) is 0 Å². The number of anilines is 3. The van der Waals surface area contributed by atoms with Crippen LogP contribution in [0.15, 0.2) is 48.0 Å². The summed E-state index contributed by atoms with van der Waals surface area (Å²) < 4.78 is 42.8. The first-order valence-electron chi connectivity index (χ1n) is 9.92. The van der Waals surface area contributed by atoms with E-state index in [0.29, 0.717) is 30.7 Å². The quantitative estimate of drug-likeness (QED) is 0.452. The molecular weight excluding hydrogens is 439 g/mol. The number of piperazine rings is 1. The number of amides is 1. The molecule has 12 heteroatoms. The summed E-state index contributed by atoms with van der Waals surface area (Å²) in [6, 6.07) is 5.03. The van der Waals surface area contributed by atoms with Crippen molar-refractivity contribution in [2.75, 3.05) is 42.5 Å². The number of alkyl halides is 3. The van der Waals surface area contributed by atoms with Crippen molar-refractivity contribution in [3.8, 4) is 5.69 Å². The summed E-state index contributed by atoms with van der Waals surface area (Å²) in [6.07, 6.45) is -2.57. The molecule has 0 saturated carbocycles. The number of pyridine rings is 1. The molecule has 2 aromatic heterocycles. The maximum Gasteiger partial charge on any atom is 0.431 e. The Morgan fingerprint density at radius 3 is 2.30 bits per heavy atom. The molecule has 4 rings (SSSR count). The summed E-state index contributed by atoms with van der Waals surface area (Å²) in [4.78, 5) is 36.5. The number of nitrogen functional groups attached to an aromatic ring is 2. The fraction of sp³-hybridized carbons (Fsp3) is 0.238. The van der Waals surface area contributed by atoms with Gasteiger partial charge in [0.2, 0.25) is 5.91 Å². The van der Waals surface area contributed by atoms with E-state index >= 15 is 0 Å². The van der Waals surface area contributed by atoms with Crippen LogP contribution in [0.25, 0.3) is 16.6 Å². The number of benzene rings is 1. The second kappa shape index (κ2) is 8.11. The van der Waals surface area contributed by atoms with Crippen molar-refractivity contribution in [3.05, 3.63) is 59.3 Å². The van der Waals surface area contributed by atoms with E-state index in [2.05, 4.69) is 16.5 Å². The van der Waals surface area contributed by atoms with Gasteiger partial charge in [0, 0.05) is 26.2 Å². The van der Waals surface area contributed by atoms with Gasteiger partial charge in [0.25, 0.3) is 5.56 Å². The number of fused-ring (bicyclic) bond motifs is 1. The molecule has 4 N–H and O–H groups in total. The lowest BCUT2D eigenvalue weighted by Gasteiger charge is -2.35. The fourth-order valence-corrected chi connectivity index (χ4v) is 3.89. The van der Waals surface area contributed by atoms with Crippen molar-refractivity contribution >= 4 is 34.0 Å². The molecule has 3 aromatic rings. The number of hydrogen-bond donors (Lipinski definition) is 2. The Labute approximate surface area is 185 Å². The third kappa shape index (κ3) is 3.83. The van der Waals surface area contributed by atoms with Gasteiger partial charge in [-0.2, -0.15) is 13.2 Å². The van der Waals surface area contributed by atoms with Gasteiger partial charge in [-0.3, -0.25) is 14.2 Å². The Bertz CT molecular complexity index is 1290. The maximum atomic E-state index is 14.1. The monoisotopic (exact) mass is 459 g/mol. The van der Waals surface area contributed by atoms with Crippen molar-refractivity contribution in [2.45, 2.75) is 6.18 Å². The third-order valence-corrected chi connectivity index (χ3v) is 5.47. The standard InChI is InChI=1S/C21H20F3N7O2/c1-2-16(32)29-6-8-30(9-7-29)19-12-10-15(21(22,23)24)31(20(33)17(12)27-11-28-19)18-13(25)4-3-5-14(18)26/h2-5,10-11H,1,6-9,25-26H2. The highest BCUT2D eigenvalue weighted by Gasteiger charge is 2.37. The average Bonchev–Trinajstić information content (AvgIpc) is 2.78. The summed E-state index contributed by atoms with van der Waals surface area (Å²) >= 11 is 0. The zero-order valence-corrected chi connectivity index (χ0v) is 17.3. The van der Waals surface area contributed by atoms with Crippen LogP contribution in [0.3, 0.4) is 0 Å². The number of carbonyl (C=O) groups is 1. The molecule has 172 valence electrons. The first-order valence-corrected chi connectivity index (χ1v) is 9.92. The number of hydrogen-bond acceptors (Lipinski definition) is 7. The predicted molar refractivity (Wildman–Crippen MR) is 118 cm³/mol. The number of para-hydroxylation sites is 1. The molecule has 0 atom stereocenters. The van der Waals surface area contributed by atoms with Crippen LogP contribution >= 0.6 is 0 Å². The topological polar surface area (TPSA) is 123 Å². The van der Waals surface area contributed by atoms with Gasteiger partial charge in [-0.1, -0.05) is 12.6 Å². The fourth-order valence-electron chi connectivity index (χ4n) is 3.89. The first-order chi connectivity index (χ1) is 15.6. The van der Waals surface area contributed by atoms with E-state index in [0.717, 1.165) is 12.4 Å². The highest BCUT2D eigenvalue weighted by atomic mass is 19.4. The minimum absolute atomic E-state index is 0.0531. The average molecular weight is 459 g/mol. The molecule has 1 saturated heterocycles. The molecule has 1 aromatic carbocycles. The Hall–Kier alpha value is -4.09. The normalized spacial score (nSPS) is 14.5. The van der Waals surface area contributed by atoms with Gasteiger partial charge in [0.1, 0.15) is 23.4 Å². The van der Waals surface area contributed by atoms with Gasteiger partial charge in [0.15, 0.2) is 0 Å². The van der Waals surface area contributed by atoms with Gasteiger partial charge < -0.3 is 21.3 Å². The van der Waals surface area contributed by atoms with Crippen LogP contribution in [0, 0.1) is 0 Å². The zero-order chi connectivity index (χ0) is 23.9. The van der Waals surface area contributed by atoms with E-state index in [-0.39, 0.29) is 39.7 Å². The van der Waals surface area contributed by atoms with Crippen LogP contribution in [0.2, 0.25) is 0 Å². The molecule has 1 amide bonds. The lowest BCUT2D eigenvalue weighted by Crippen LogP contribution is -2.48. The van der Waals surface area contributed by atoms with Gasteiger partial charge >= 0.3 is 6.18 Å². The lowest BCUT2D eigenvalue weighted by atomic mass is 10.1. The molecule has 1 aliphatic heterocycles. The van der Waals surface area contributed by atoms with E-state index < -0.39 is 17.4 Å². The lowest BCUT2D eigenvalue weighted by molar-refractivity contribution is -0.142. The number of carbonyl (C=O) groups excluding carboxylic acids is 1. The summed E-state index contributed by atoms with van der Waals surface area (Å²) in [5.41, 5.74) is 8.87. The Kier molecular flexibility index (Phi) is 5.44. The second-order valence-electron chi connectivity index (χ2n) is 7.43. The van der Waals surface area contributed by atoms with E-state index in [1.807, 2.05) is 0 Å². The van der Waals surface area contributed by atoms with Crippen molar-refractivity contribution < 1.29 is 18.0 Å². The molecule has 0 unspecified atom stereocenters. The molecular formula is C21H20F3N7O2. The highest BCUT2D eigenvalue weighted by molar-refractivity contribution is 5.91. The molecule has 33 heavy (non-hydrogen) atoms. The maximum absolute atomic E-state index is 14.1. The van der Waals surface area contributed by atoms with Crippen LogP contribution < -0.4 is 21.9 Å². The van der Waals surface area contributed by atoms with E-state index in [9.17, 15) is 22.8 Å². The summed E-state index contributed by atoms with van der Waals surface area (Å²) in [5, 5.41) is -0.0531. The molecule has 0 bridgehead atoms. The van der Waals surface area contributed by atoms with Crippen molar-refractivity contribution in [2.24, 2.45) is 0 Å². The molecule has 0 spiro atoms. The molecule has 1 aliphatic rings. The number of nitrogens with zero attached hydrogens (tertiary/aromatic N) is 5. The van der Waals surface area contributed by atoms with E-state index in [4.69, 9.17) is 11.5 Å². The predicted octanol–water partition coefficient (Wildman–Crippen LogP) is 1.80. The third-order valence-electron chi connectivity index (χ3n) is 5.47. The van der Waals surface area contributed by atoms with Gasteiger partial charge in [0.05, 0.1) is 22.4 Å². The van der Waals surface area contributed by atoms with Crippen LogP contribution in [-0.4, -0.2) is 51.5 Å². The second-order valence-corrected chi connectivity index (χ2v) is 7.43. The summed E-state index contributed by atoms with van der Waals surface area (Å²) in [5.74, 6) is -0.0584. The van der Waals surface area contributed by atoms with Crippen LogP contribution in [0.4, 0.5) is 30.4 Å². The summed E-state index contributed by atoms with van der Waals surface area (Å²) in [7, 11) is 0. The Morgan fingerprint density at radius 2 is 1.73 bits per heavy atom. The highest BCUT2D eigenvalue weighted by Crippen LogP contribution is 2.36. The number of halogens is 3. The molecule has 0 radical (unpaired) electrons. The van der Waals surface area contributed by atoms with Crippen LogP contribution in [-0.2, 0) is 11.0 Å². The van der Waals surface area contributed by atoms with Crippen molar-refractivity contribution in [1.82, 2.24) is 19.4 Å². The van der Waals surface area contributed by atoms with Crippen LogP contribution in [0.1, 0.15) is 5.69 Å². The SMILES string of the molecule is C=CC(=O)N1CCN(c2ncnc3c(=O)n(-c4c(N)cccc4N)c(C(F)(F)F)cc23)CC1. The van der Waals surface area contributed by atoms with Gasteiger partial charge in [-0.25, -0.2) is 9.97 Å². The number of aromatic nitrogens is 3.